The van der Waals surface area contributed by atoms with Crippen molar-refractivity contribution < 1.29 is 28.2 Å². The molecular formula is C18H14F2O4. The number of hydrogen-bond acceptors (Lipinski definition) is 4. The van der Waals surface area contributed by atoms with E-state index in [2.05, 4.69) is 4.74 Å². The fourth-order valence-corrected chi connectivity index (χ4v) is 2.70. The van der Waals surface area contributed by atoms with Gasteiger partial charge in [-0.15, -0.1) is 0 Å². The molecule has 0 spiro atoms. The molecule has 0 unspecified atom stereocenters. The summed E-state index contributed by atoms with van der Waals surface area (Å²) in [7, 11) is 1.35. The van der Waals surface area contributed by atoms with Gasteiger partial charge in [0.05, 0.1) is 7.11 Å². The van der Waals surface area contributed by atoms with Crippen molar-refractivity contribution in [3.05, 3.63) is 58.7 Å². The van der Waals surface area contributed by atoms with E-state index in [-0.39, 0.29) is 23.0 Å². The zero-order valence-corrected chi connectivity index (χ0v) is 12.8. The van der Waals surface area contributed by atoms with Gasteiger partial charge in [0, 0.05) is 23.1 Å². The molecule has 1 aliphatic rings. The van der Waals surface area contributed by atoms with Crippen LogP contribution in [0.25, 0.3) is 6.08 Å². The molecule has 6 heteroatoms. The second-order valence-electron chi connectivity index (χ2n) is 5.27. The first kappa shape index (κ1) is 16.0. The van der Waals surface area contributed by atoms with E-state index in [4.69, 9.17) is 4.74 Å². The lowest BCUT2D eigenvalue weighted by Crippen LogP contribution is -2.03. The van der Waals surface area contributed by atoms with Gasteiger partial charge in [-0.3, -0.25) is 4.79 Å². The van der Waals surface area contributed by atoms with Gasteiger partial charge in [0.15, 0.2) is 17.3 Å². The van der Waals surface area contributed by atoms with E-state index in [0.717, 1.165) is 0 Å². The Kier molecular flexibility index (Phi) is 4.20. The number of alkyl halides is 2. The molecule has 24 heavy (non-hydrogen) atoms. The molecular weight excluding hydrogens is 318 g/mol. The number of halogens is 2. The predicted octanol–water partition coefficient (Wildman–Crippen LogP) is 3.82. The third kappa shape index (κ3) is 2.95. The minimum Gasteiger partial charge on any atom is -0.508 e. The van der Waals surface area contributed by atoms with E-state index in [9.17, 15) is 18.7 Å². The topological polar surface area (TPSA) is 55.8 Å². The van der Waals surface area contributed by atoms with Crippen molar-refractivity contribution in [1.29, 1.82) is 0 Å². The standard InChI is InChI=1S/C18H14F2O4/c1-23-16-8-10(5-6-15(16)24-18(19)20)7-11-9-13-12(17(11)22)3-2-4-14(13)21/h2-8,18,21H,9H2,1H3. The lowest BCUT2D eigenvalue weighted by atomic mass is 10.1. The second-order valence-corrected chi connectivity index (χ2v) is 5.27. The molecule has 1 aliphatic carbocycles. The number of phenolic OH excluding ortho intramolecular Hbond substituents is 1. The smallest absolute Gasteiger partial charge is 0.387 e. The summed E-state index contributed by atoms with van der Waals surface area (Å²) in [4.78, 5) is 12.4. The van der Waals surface area contributed by atoms with Gasteiger partial charge in [-0.25, -0.2) is 0 Å². The van der Waals surface area contributed by atoms with E-state index >= 15 is 0 Å². The molecule has 1 N–H and O–H groups in total. The van der Waals surface area contributed by atoms with Crippen molar-refractivity contribution in [2.75, 3.05) is 7.11 Å². The number of hydrogen-bond donors (Lipinski definition) is 1. The molecule has 2 aromatic carbocycles. The molecule has 2 aromatic rings. The molecule has 0 saturated carbocycles. The van der Waals surface area contributed by atoms with Crippen LogP contribution in [0.2, 0.25) is 0 Å². The van der Waals surface area contributed by atoms with Crippen LogP contribution in [0.1, 0.15) is 21.5 Å². The number of aromatic hydroxyl groups is 1. The van der Waals surface area contributed by atoms with Crippen molar-refractivity contribution >= 4 is 11.9 Å². The van der Waals surface area contributed by atoms with Gasteiger partial charge >= 0.3 is 6.61 Å². The summed E-state index contributed by atoms with van der Waals surface area (Å²) in [6.45, 7) is -2.95. The van der Waals surface area contributed by atoms with Crippen molar-refractivity contribution in [3.8, 4) is 17.2 Å². The highest BCUT2D eigenvalue weighted by Crippen LogP contribution is 2.35. The summed E-state index contributed by atoms with van der Waals surface area (Å²) in [5, 5.41) is 9.85. The highest BCUT2D eigenvalue weighted by Gasteiger charge is 2.27. The summed E-state index contributed by atoms with van der Waals surface area (Å²) in [5.74, 6) is -0.000859. The molecule has 0 amide bonds. The van der Waals surface area contributed by atoms with Gasteiger partial charge in [-0.1, -0.05) is 18.2 Å². The minimum absolute atomic E-state index is 0.0756. The first-order chi connectivity index (χ1) is 11.5. The average molecular weight is 332 g/mol. The molecule has 0 fully saturated rings. The second kappa shape index (κ2) is 6.31. The predicted molar refractivity (Wildman–Crippen MR) is 83.7 cm³/mol. The van der Waals surface area contributed by atoms with Crippen LogP contribution in [0.15, 0.2) is 42.0 Å². The minimum atomic E-state index is -2.95. The van der Waals surface area contributed by atoms with Crippen LogP contribution in [0.5, 0.6) is 17.2 Å². The SMILES string of the molecule is COc1cc(C=C2Cc3c(O)cccc3C2=O)ccc1OC(F)F. The Balaban J connectivity index is 1.93. The van der Waals surface area contributed by atoms with Gasteiger partial charge in [0.25, 0.3) is 0 Å². The normalized spacial score (nSPS) is 15.0. The van der Waals surface area contributed by atoms with Gasteiger partial charge in [0.2, 0.25) is 0 Å². The molecule has 4 nitrogen and oxygen atoms in total. The Labute approximate surface area is 136 Å². The molecule has 3 rings (SSSR count). The van der Waals surface area contributed by atoms with Gasteiger partial charge < -0.3 is 14.6 Å². The maximum atomic E-state index is 12.4. The summed E-state index contributed by atoms with van der Waals surface area (Å²) in [6, 6.07) is 9.26. The van der Waals surface area contributed by atoms with E-state index in [1.165, 1.54) is 25.3 Å². The molecule has 0 radical (unpaired) electrons. The Morgan fingerprint density at radius 1 is 1.21 bits per heavy atom. The number of carbonyl (C=O) groups excluding carboxylic acids is 1. The number of carbonyl (C=O) groups is 1. The fraction of sp³-hybridized carbons (Fsp3) is 0.167. The monoisotopic (exact) mass is 332 g/mol. The summed E-state index contributed by atoms with van der Waals surface area (Å²) in [5.41, 5.74) is 2.20. The molecule has 0 aliphatic heterocycles. The summed E-state index contributed by atoms with van der Waals surface area (Å²) >= 11 is 0. The Bertz CT molecular complexity index is 828. The molecule has 0 saturated heterocycles. The van der Waals surface area contributed by atoms with Crippen LogP contribution in [0.4, 0.5) is 8.78 Å². The number of phenols is 1. The Morgan fingerprint density at radius 2 is 2.00 bits per heavy atom. The molecule has 0 bridgehead atoms. The Hall–Kier alpha value is -2.89. The quantitative estimate of drug-likeness (QED) is 0.865. The van der Waals surface area contributed by atoms with Crippen molar-refractivity contribution in [1.82, 2.24) is 0 Å². The number of benzene rings is 2. The van der Waals surface area contributed by atoms with Crippen LogP contribution in [-0.4, -0.2) is 24.6 Å². The van der Waals surface area contributed by atoms with Crippen molar-refractivity contribution in [2.24, 2.45) is 0 Å². The highest BCUT2D eigenvalue weighted by molar-refractivity contribution is 6.16. The highest BCUT2D eigenvalue weighted by atomic mass is 19.3. The third-order valence-electron chi connectivity index (χ3n) is 3.80. The maximum Gasteiger partial charge on any atom is 0.387 e. The number of ketones is 1. The average Bonchev–Trinajstić information content (AvgIpc) is 2.86. The van der Waals surface area contributed by atoms with Crippen molar-refractivity contribution in [2.45, 2.75) is 13.0 Å². The van der Waals surface area contributed by atoms with Crippen LogP contribution >= 0.6 is 0 Å². The van der Waals surface area contributed by atoms with E-state index in [1.54, 1.807) is 24.3 Å². The van der Waals surface area contributed by atoms with E-state index in [1.807, 2.05) is 0 Å². The Morgan fingerprint density at radius 3 is 2.67 bits per heavy atom. The largest absolute Gasteiger partial charge is 0.508 e. The number of rotatable bonds is 4. The number of allylic oxidation sites excluding steroid dienone is 1. The lowest BCUT2D eigenvalue weighted by Gasteiger charge is -2.10. The molecule has 0 heterocycles. The first-order valence-corrected chi connectivity index (χ1v) is 7.18. The lowest BCUT2D eigenvalue weighted by molar-refractivity contribution is -0.0512. The van der Waals surface area contributed by atoms with E-state index in [0.29, 0.717) is 28.7 Å². The van der Waals surface area contributed by atoms with Crippen LogP contribution in [-0.2, 0) is 6.42 Å². The molecule has 0 aromatic heterocycles. The number of fused-ring (bicyclic) bond motifs is 1. The fourth-order valence-electron chi connectivity index (χ4n) is 2.70. The number of ether oxygens (including phenoxy) is 2. The number of methoxy groups -OCH3 is 1. The van der Waals surface area contributed by atoms with E-state index < -0.39 is 6.61 Å². The first-order valence-electron chi connectivity index (χ1n) is 7.18. The zero-order chi connectivity index (χ0) is 17.3. The van der Waals surface area contributed by atoms with Crippen molar-refractivity contribution in [3.63, 3.8) is 0 Å². The van der Waals surface area contributed by atoms with Crippen LogP contribution in [0, 0.1) is 0 Å². The zero-order valence-electron chi connectivity index (χ0n) is 12.8. The molecule has 124 valence electrons. The summed E-state index contributed by atoms with van der Waals surface area (Å²) < 4.78 is 34.1. The summed E-state index contributed by atoms with van der Waals surface area (Å²) in [6.07, 6.45) is 1.97. The van der Waals surface area contributed by atoms with Crippen LogP contribution in [0.3, 0.4) is 0 Å². The van der Waals surface area contributed by atoms with Gasteiger partial charge in [-0.05, 0) is 29.8 Å². The van der Waals surface area contributed by atoms with Gasteiger partial charge in [-0.2, -0.15) is 8.78 Å². The maximum absolute atomic E-state index is 12.4. The van der Waals surface area contributed by atoms with Gasteiger partial charge in [0.1, 0.15) is 5.75 Å². The molecule has 0 atom stereocenters. The number of Topliss-reactive ketones (excluding diaryl/α,β-unsaturated/α-hetero) is 1. The van der Waals surface area contributed by atoms with Crippen LogP contribution < -0.4 is 9.47 Å². The third-order valence-corrected chi connectivity index (χ3v) is 3.80.